The minimum atomic E-state index is -3.49. The van der Waals surface area contributed by atoms with Crippen LogP contribution in [0.25, 0.3) is 0 Å². The summed E-state index contributed by atoms with van der Waals surface area (Å²) >= 11 is 0. The maximum absolute atomic E-state index is 13.0. The Morgan fingerprint density at radius 2 is 1.50 bits per heavy atom. The Kier molecular flexibility index (Phi) is 6.51. The second-order valence-electron chi connectivity index (χ2n) is 9.22. The first-order valence-corrected chi connectivity index (χ1v) is 12.9. The van der Waals surface area contributed by atoms with E-state index in [1.807, 2.05) is 24.8 Å². The number of hydrogen-bond acceptors (Lipinski definition) is 4. The molecule has 1 amide bonds. The first kappa shape index (κ1) is 21.8. The lowest BCUT2D eigenvalue weighted by molar-refractivity contribution is -0.138. The predicted octanol–water partition coefficient (Wildman–Crippen LogP) is 2.79. The number of amides is 1. The van der Waals surface area contributed by atoms with Gasteiger partial charge in [0.1, 0.15) is 0 Å². The molecule has 3 aliphatic rings. The van der Waals surface area contributed by atoms with Gasteiger partial charge >= 0.3 is 0 Å². The van der Waals surface area contributed by atoms with Crippen LogP contribution in [0.15, 0.2) is 23.1 Å². The number of aryl methyl sites for hydroxylation is 2. The third kappa shape index (κ3) is 4.43. The zero-order valence-electron chi connectivity index (χ0n) is 18.3. The van der Waals surface area contributed by atoms with Gasteiger partial charge < -0.3 is 4.90 Å². The number of piperazine rings is 1. The summed E-state index contributed by atoms with van der Waals surface area (Å²) in [6.45, 7) is 8.36. The standard InChI is InChI=1S/C23H35N3O3S/c1-18-7-8-22(17-19(18)2)30(28,29)26-11-9-20(10-12-26)23(27)25-15-13-24(14-16-25)21-5-3-4-6-21/h7-8,17,20-21H,3-6,9-16H2,1-2H3. The van der Waals surface area contributed by atoms with Gasteiger partial charge in [-0.15, -0.1) is 0 Å². The van der Waals surface area contributed by atoms with Crippen molar-refractivity contribution >= 4 is 15.9 Å². The third-order valence-corrected chi connectivity index (χ3v) is 9.28. The minimum Gasteiger partial charge on any atom is -0.340 e. The molecule has 1 saturated carbocycles. The van der Waals surface area contributed by atoms with Gasteiger partial charge in [0.15, 0.2) is 0 Å². The molecule has 4 rings (SSSR count). The lowest BCUT2D eigenvalue weighted by Gasteiger charge is -2.40. The number of hydrogen-bond donors (Lipinski definition) is 0. The average Bonchev–Trinajstić information content (AvgIpc) is 3.30. The highest BCUT2D eigenvalue weighted by Gasteiger charge is 2.35. The van der Waals surface area contributed by atoms with Crippen LogP contribution in [0.3, 0.4) is 0 Å². The quantitative estimate of drug-likeness (QED) is 0.733. The van der Waals surface area contributed by atoms with E-state index in [0.717, 1.165) is 43.3 Å². The van der Waals surface area contributed by atoms with Gasteiger partial charge in [0.25, 0.3) is 0 Å². The average molecular weight is 434 g/mol. The van der Waals surface area contributed by atoms with Gasteiger partial charge in [-0.1, -0.05) is 18.9 Å². The Hall–Kier alpha value is -1.44. The molecule has 1 aromatic carbocycles. The highest BCUT2D eigenvalue weighted by molar-refractivity contribution is 7.89. The van der Waals surface area contributed by atoms with Crippen molar-refractivity contribution in [1.29, 1.82) is 0 Å². The summed E-state index contributed by atoms with van der Waals surface area (Å²) in [7, 11) is -3.49. The summed E-state index contributed by atoms with van der Waals surface area (Å²) < 4.78 is 27.6. The number of rotatable bonds is 4. The van der Waals surface area contributed by atoms with E-state index in [9.17, 15) is 13.2 Å². The Labute approximate surface area is 181 Å². The first-order chi connectivity index (χ1) is 14.4. The van der Waals surface area contributed by atoms with Gasteiger partial charge in [0, 0.05) is 51.2 Å². The fraction of sp³-hybridized carbons (Fsp3) is 0.696. The van der Waals surface area contributed by atoms with E-state index in [1.165, 1.54) is 25.7 Å². The highest BCUT2D eigenvalue weighted by atomic mass is 32.2. The van der Waals surface area contributed by atoms with Crippen molar-refractivity contribution < 1.29 is 13.2 Å². The second kappa shape index (κ2) is 8.97. The molecule has 6 nitrogen and oxygen atoms in total. The zero-order chi connectivity index (χ0) is 21.3. The molecular formula is C23H35N3O3S. The molecule has 30 heavy (non-hydrogen) atoms. The van der Waals surface area contributed by atoms with E-state index in [4.69, 9.17) is 0 Å². The summed E-state index contributed by atoms with van der Waals surface area (Å²) in [4.78, 5) is 18.0. The molecule has 0 spiro atoms. The molecule has 0 N–H and O–H groups in total. The number of piperidine rings is 1. The lowest BCUT2D eigenvalue weighted by atomic mass is 9.96. The molecule has 2 saturated heterocycles. The number of benzene rings is 1. The molecule has 0 unspecified atom stereocenters. The van der Waals surface area contributed by atoms with Crippen molar-refractivity contribution in [3.63, 3.8) is 0 Å². The van der Waals surface area contributed by atoms with Crippen LogP contribution in [0.2, 0.25) is 0 Å². The van der Waals surface area contributed by atoms with Crippen LogP contribution < -0.4 is 0 Å². The molecule has 2 aliphatic heterocycles. The first-order valence-electron chi connectivity index (χ1n) is 11.5. The number of carbonyl (C=O) groups is 1. The minimum absolute atomic E-state index is 0.0470. The Morgan fingerprint density at radius 1 is 0.867 bits per heavy atom. The van der Waals surface area contributed by atoms with Crippen molar-refractivity contribution in [1.82, 2.24) is 14.1 Å². The summed E-state index contributed by atoms with van der Waals surface area (Å²) in [5.74, 6) is 0.179. The van der Waals surface area contributed by atoms with E-state index in [1.54, 1.807) is 16.4 Å². The number of nitrogens with zero attached hydrogens (tertiary/aromatic N) is 3. The van der Waals surface area contributed by atoms with Gasteiger partial charge in [-0.05, 0) is 62.8 Å². The van der Waals surface area contributed by atoms with Gasteiger partial charge in [-0.2, -0.15) is 4.31 Å². The topological polar surface area (TPSA) is 60.9 Å². The van der Waals surface area contributed by atoms with Crippen molar-refractivity contribution in [2.45, 2.75) is 63.3 Å². The van der Waals surface area contributed by atoms with Gasteiger partial charge in [0.2, 0.25) is 15.9 Å². The summed E-state index contributed by atoms with van der Waals surface area (Å²) in [5, 5.41) is 0. The third-order valence-electron chi connectivity index (χ3n) is 7.39. The molecule has 2 heterocycles. The van der Waals surface area contributed by atoms with Crippen LogP contribution in [0.4, 0.5) is 0 Å². The van der Waals surface area contributed by atoms with Crippen LogP contribution >= 0.6 is 0 Å². The second-order valence-corrected chi connectivity index (χ2v) is 11.2. The van der Waals surface area contributed by atoms with Crippen LogP contribution in [0, 0.1) is 19.8 Å². The van der Waals surface area contributed by atoms with Crippen LogP contribution in [-0.4, -0.2) is 73.7 Å². The smallest absolute Gasteiger partial charge is 0.243 e. The summed E-state index contributed by atoms with van der Waals surface area (Å²) in [6.07, 6.45) is 6.53. The largest absolute Gasteiger partial charge is 0.340 e. The summed E-state index contributed by atoms with van der Waals surface area (Å²) in [6, 6.07) is 6.04. The monoisotopic (exact) mass is 433 g/mol. The Balaban J connectivity index is 1.30. The predicted molar refractivity (Wildman–Crippen MR) is 118 cm³/mol. The molecule has 1 aliphatic carbocycles. The highest BCUT2D eigenvalue weighted by Crippen LogP contribution is 2.28. The molecule has 1 aromatic rings. The SMILES string of the molecule is Cc1ccc(S(=O)(=O)N2CCC(C(=O)N3CCN(C4CCCC4)CC3)CC2)cc1C. The van der Waals surface area contributed by atoms with Crippen LogP contribution in [0.1, 0.15) is 49.7 Å². The van der Waals surface area contributed by atoms with Crippen LogP contribution in [0.5, 0.6) is 0 Å². The van der Waals surface area contributed by atoms with Crippen molar-refractivity contribution in [3.8, 4) is 0 Å². The fourth-order valence-corrected chi connectivity index (χ4v) is 6.76. The molecule has 0 bridgehead atoms. The molecule has 7 heteroatoms. The molecule has 3 fully saturated rings. The lowest BCUT2D eigenvalue weighted by Crippen LogP contribution is -2.53. The van der Waals surface area contributed by atoms with E-state index >= 15 is 0 Å². The normalized spacial score (nSPS) is 23.2. The summed E-state index contributed by atoms with van der Waals surface area (Å²) in [5.41, 5.74) is 2.07. The van der Waals surface area contributed by atoms with Crippen molar-refractivity contribution in [3.05, 3.63) is 29.3 Å². The van der Waals surface area contributed by atoms with Gasteiger partial charge in [-0.25, -0.2) is 8.42 Å². The fourth-order valence-electron chi connectivity index (χ4n) is 5.20. The maximum Gasteiger partial charge on any atom is 0.243 e. The van der Waals surface area contributed by atoms with E-state index < -0.39 is 10.0 Å². The van der Waals surface area contributed by atoms with Crippen molar-refractivity contribution in [2.75, 3.05) is 39.3 Å². The molecular weight excluding hydrogens is 398 g/mol. The van der Waals surface area contributed by atoms with E-state index in [2.05, 4.69) is 4.90 Å². The zero-order valence-corrected chi connectivity index (χ0v) is 19.2. The maximum atomic E-state index is 13.0. The molecule has 0 atom stereocenters. The number of carbonyl (C=O) groups excluding carboxylic acids is 1. The van der Waals surface area contributed by atoms with Gasteiger partial charge in [-0.3, -0.25) is 9.69 Å². The van der Waals surface area contributed by atoms with Gasteiger partial charge in [0.05, 0.1) is 4.90 Å². The van der Waals surface area contributed by atoms with Crippen molar-refractivity contribution in [2.24, 2.45) is 5.92 Å². The molecule has 166 valence electrons. The van der Waals surface area contributed by atoms with E-state index in [-0.39, 0.29) is 11.8 Å². The van der Waals surface area contributed by atoms with Crippen LogP contribution in [-0.2, 0) is 14.8 Å². The molecule has 0 aromatic heterocycles. The number of sulfonamides is 1. The molecule has 0 radical (unpaired) electrons. The van der Waals surface area contributed by atoms with E-state index in [0.29, 0.717) is 30.8 Å². The Bertz CT molecular complexity index is 864. The Morgan fingerprint density at radius 3 is 2.10 bits per heavy atom.